The van der Waals surface area contributed by atoms with Crippen LogP contribution in [0.1, 0.15) is 13.8 Å². The highest BCUT2D eigenvalue weighted by atomic mass is 16.4. The molecule has 0 saturated carbocycles. The van der Waals surface area contributed by atoms with Gasteiger partial charge >= 0.3 is 5.97 Å². The number of carboxylic acid groups (broad SMARTS) is 1. The Bertz CT molecular complexity index is 164. The Morgan fingerprint density at radius 2 is 2.25 bits per heavy atom. The molecule has 0 amide bonds. The summed E-state index contributed by atoms with van der Waals surface area (Å²) in [6.45, 7) is 6.33. The van der Waals surface area contributed by atoms with Crippen molar-refractivity contribution in [2.24, 2.45) is 0 Å². The summed E-state index contributed by atoms with van der Waals surface area (Å²) in [4.78, 5) is 12.5. The average molecular weight is 172 g/mol. The Balaban J connectivity index is 2.06. The number of nitrogens with zero attached hydrogens (tertiary/aromatic N) is 1. The van der Waals surface area contributed by atoms with Gasteiger partial charge in [-0.15, -0.1) is 0 Å². The van der Waals surface area contributed by atoms with Gasteiger partial charge in [0.15, 0.2) is 0 Å². The van der Waals surface area contributed by atoms with Crippen molar-refractivity contribution in [2.45, 2.75) is 25.9 Å². The van der Waals surface area contributed by atoms with E-state index in [2.05, 4.69) is 24.1 Å². The number of carbonyl (C=O) groups is 1. The number of hydrogen-bond acceptors (Lipinski definition) is 3. The smallest absolute Gasteiger partial charge is 0.317 e. The fourth-order valence-corrected chi connectivity index (χ4v) is 1.30. The van der Waals surface area contributed by atoms with Crippen LogP contribution in [-0.2, 0) is 4.79 Å². The van der Waals surface area contributed by atoms with Crippen molar-refractivity contribution >= 4 is 5.97 Å². The van der Waals surface area contributed by atoms with E-state index in [-0.39, 0.29) is 6.54 Å². The number of aliphatic carboxylic acids is 1. The predicted octanol–water partition coefficient (Wildman–Crippen LogP) is -0.247. The Morgan fingerprint density at radius 1 is 1.67 bits per heavy atom. The molecular weight excluding hydrogens is 156 g/mol. The molecule has 0 aromatic heterocycles. The monoisotopic (exact) mass is 172 g/mol. The first-order valence-electron chi connectivity index (χ1n) is 4.29. The molecular formula is C8H16N2O2. The maximum absolute atomic E-state index is 10.2. The van der Waals surface area contributed by atoms with Gasteiger partial charge in [-0.25, -0.2) is 0 Å². The minimum absolute atomic E-state index is 0.0800. The first kappa shape index (κ1) is 9.48. The number of nitrogens with one attached hydrogen (secondary N) is 1. The summed E-state index contributed by atoms with van der Waals surface area (Å²) in [5.74, 6) is -0.780. The molecule has 1 saturated heterocycles. The first-order chi connectivity index (χ1) is 5.59. The maximum atomic E-state index is 10.2. The summed E-state index contributed by atoms with van der Waals surface area (Å²) >= 11 is 0. The lowest BCUT2D eigenvalue weighted by Crippen LogP contribution is -2.60. The van der Waals surface area contributed by atoms with Crippen LogP contribution < -0.4 is 5.32 Å². The number of hydrogen-bond donors (Lipinski definition) is 2. The molecule has 12 heavy (non-hydrogen) atoms. The molecule has 0 aliphatic carbocycles. The molecule has 70 valence electrons. The van der Waals surface area contributed by atoms with Crippen LogP contribution in [0.5, 0.6) is 0 Å². The van der Waals surface area contributed by atoms with E-state index in [4.69, 9.17) is 5.11 Å². The second-order valence-corrected chi connectivity index (χ2v) is 3.52. The molecule has 4 heteroatoms. The van der Waals surface area contributed by atoms with Gasteiger partial charge in [-0.05, 0) is 13.8 Å². The van der Waals surface area contributed by atoms with Crippen molar-refractivity contribution < 1.29 is 9.90 Å². The standard InChI is InChI=1S/C8H16N2O2/c1-6(2)10-4-7(5-10)9-3-8(11)12/h6-7,9H,3-5H2,1-2H3,(H,11,12). The second kappa shape index (κ2) is 3.87. The zero-order valence-electron chi connectivity index (χ0n) is 7.58. The van der Waals surface area contributed by atoms with Gasteiger partial charge in [-0.3, -0.25) is 9.69 Å². The molecule has 1 aliphatic heterocycles. The zero-order valence-corrected chi connectivity index (χ0v) is 7.58. The van der Waals surface area contributed by atoms with Gasteiger partial charge in [0.2, 0.25) is 0 Å². The second-order valence-electron chi connectivity index (χ2n) is 3.52. The van der Waals surface area contributed by atoms with Crippen molar-refractivity contribution in [2.75, 3.05) is 19.6 Å². The molecule has 0 bridgehead atoms. The Labute approximate surface area is 72.6 Å². The molecule has 0 radical (unpaired) electrons. The van der Waals surface area contributed by atoms with Gasteiger partial charge in [-0.2, -0.15) is 0 Å². The molecule has 1 rings (SSSR count). The normalized spacial score (nSPS) is 19.6. The highest BCUT2D eigenvalue weighted by Crippen LogP contribution is 2.10. The number of carboxylic acids is 1. The predicted molar refractivity (Wildman–Crippen MR) is 46.1 cm³/mol. The van der Waals surface area contributed by atoms with Gasteiger partial charge in [0.05, 0.1) is 6.54 Å². The van der Waals surface area contributed by atoms with E-state index in [1.807, 2.05) is 0 Å². The van der Waals surface area contributed by atoms with Crippen molar-refractivity contribution in [3.05, 3.63) is 0 Å². The third kappa shape index (κ3) is 2.46. The number of rotatable bonds is 4. The van der Waals surface area contributed by atoms with Gasteiger partial charge in [-0.1, -0.05) is 0 Å². The summed E-state index contributed by atoms with van der Waals surface area (Å²) in [6, 6.07) is 0.955. The van der Waals surface area contributed by atoms with Crippen molar-refractivity contribution in [1.82, 2.24) is 10.2 Å². The van der Waals surface area contributed by atoms with E-state index in [0.29, 0.717) is 12.1 Å². The van der Waals surface area contributed by atoms with E-state index in [1.54, 1.807) is 0 Å². The summed E-state index contributed by atoms with van der Waals surface area (Å²) < 4.78 is 0. The van der Waals surface area contributed by atoms with Gasteiger partial charge < -0.3 is 10.4 Å². The van der Waals surface area contributed by atoms with E-state index in [0.717, 1.165) is 13.1 Å². The summed E-state index contributed by atoms with van der Waals surface area (Å²) in [5, 5.41) is 11.3. The Kier molecular flexibility index (Phi) is 3.05. The fourth-order valence-electron chi connectivity index (χ4n) is 1.30. The Morgan fingerprint density at radius 3 is 2.67 bits per heavy atom. The van der Waals surface area contributed by atoms with Gasteiger partial charge in [0.1, 0.15) is 0 Å². The van der Waals surface area contributed by atoms with E-state index >= 15 is 0 Å². The van der Waals surface area contributed by atoms with Gasteiger partial charge in [0.25, 0.3) is 0 Å². The van der Waals surface area contributed by atoms with Crippen molar-refractivity contribution in [3.63, 3.8) is 0 Å². The maximum Gasteiger partial charge on any atom is 0.317 e. The molecule has 2 N–H and O–H groups in total. The molecule has 1 aliphatic rings. The van der Waals surface area contributed by atoms with Crippen LogP contribution in [0.2, 0.25) is 0 Å². The van der Waals surface area contributed by atoms with Crippen molar-refractivity contribution in [3.8, 4) is 0 Å². The molecule has 0 unspecified atom stereocenters. The van der Waals surface area contributed by atoms with Crippen LogP contribution >= 0.6 is 0 Å². The quantitative estimate of drug-likeness (QED) is 0.614. The molecule has 4 nitrogen and oxygen atoms in total. The minimum Gasteiger partial charge on any atom is -0.480 e. The molecule has 1 fully saturated rings. The fraction of sp³-hybridized carbons (Fsp3) is 0.875. The van der Waals surface area contributed by atoms with E-state index < -0.39 is 5.97 Å². The highest BCUT2D eigenvalue weighted by molar-refractivity contribution is 5.69. The topological polar surface area (TPSA) is 52.6 Å². The SMILES string of the molecule is CC(C)N1CC(NCC(=O)O)C1. The summed E-state index contributed by atoms with van der Waals surface area (Å²) in [6.07, 6.45) is 0. The van der Waals surface area contributed by atoms with E-state index in [9.17, 15) is 4.79 Å². The molecule has 0 aromatic rings. The largest absolute Gasteiger partial charge is 0.480 e. The average Bonchev–Trinajstić information content (AvgIpc) is 1.82. The van der Waals surface area contributed by atoms with Crippen LogP contribution in [0, 0.1) is 0 Å². The third-order valence-corrected chi connectivity index (χ3v) is 2.18. The van der Waals surface area contributed by atoms with Crippen LogP contribution in [0.3, 0.4) is 0 Å². The summed E-state index contributed by atoms with van der Waals surface area (Å²) in [7, 11) is 0. The van der Waals surface area contributed by atoms with Crippen LogP contribution in [0.4, 0.5) is 0 Å². The van der Waals surface area contributed by atoms with E-state index in [1.165, 1.54) is 0 Å². The third-order valence-electron chi connectivity index (χ3n) is 2.18. The minimum atomic E-state index is -0.780. The molecule has 0 aromatic carbocycles. The van der Waals surface area contributed by atoms with Crippen LogP contribution in [-0.4, -0.2) is 47.7 Å². The lowest BCUT2D eigenvalue weighted by Gasteiger charge is -2.42. The van der Waals surface area contributed by atoms with Gasteiger partial charge in [0, 0.05) is 25.2 Å². The van der Waals surface area contributed by atoms with Crippen LogP contribution in [0.25, 0.3) is 0 Å². The van der Waals surface area contributed by atoms with Crippen molar-refractivity contribution in [1.29, 1.82) is 0 Å². The molecule has 0 spiro atoms. The Hall–Kier alpha value is -0.610. The molecule has 0 atom stereocenters. The zero-order chi connectivity index (χ0) is 9.14. The molecule has 1 heterocycles. The summed E-state index contributed by atoms with van der Waals surface area (Å²) in [5.41, 5.74) is 0. The lowest BCUT2D eigenvalue weighted by atomic mass is 10.1. The highest BCUT2D eigenvalue weighted by Gasteiger charge is 2.27. The number of likely N-dealkylation sites (tertiary alicyclic amines) is 1. The first-order valence-corrected chi connectivity index (χ1v) is 4.29. The lowest BCUT2D eigenvalue weighted by molar-refractivity contribution is -0.136. The van der Waals surface area contributed by atoms with Crippen LogP contribution in [0.15, 0.2) is 0 Å².